The summed E-state index contributed by atoms with van der Waals surface area (Å²) in [7, 11) is -2.89. The molecule has 112 valence electrons. The van der Waals surface area contributed by atoms with Gasteiger partial charge < -0.3 is 5.32 Å². The van der Waals surface area contributed by atoms with Gasteiger partial charge in [-0.2, -0.15) is 20.1 Å². The van der Waals surface area contributed by atoms with Gasteiger partial charge in [-0.25, -0.2) is 13.1 Å². The van der Waals surface area contributed by atoms with Crippen LogP contribution in [0.25, 0.3) is 5.95 Å². The molecule has 2 aromatic heterocycles. The van der Waals surface area contributed by atoms with Crippen molar-refractivity contribution in [2.24, 2.45) is 0 Å². The van der Waals surface area contributed by atoms with Crippen LogP contribution in [0.2, 0.25) is 5.28 Å². The lowest BCUT2D eigenvalue weighted by Gasteiger charge is -2.22. The second-order valence-electron chi connectivity index (χ2n) is 4.75. The maximum Gasteiger partial charge on any atom is 0.256 e. The van der Waals surface area contributed by atoms with Gasteiger partial charge in [-0.1, -0.05) is 0 Å². The summed E-state index contributed by atoms with van der Waals surface area (Å²) in [5.74, 6) is 0.987. The Morgan fingerprint density at radius 2 is 2.00 bits per heavy atom. The molecule has 3 heterocycles. The molecule has 2 aromatic rings. The molecule has 21 heavy (non-hydrogen) atoms. The maximum absolute atomic E-state index is 11.4. The molecule has 0 amide bonds. The minimum Gasteiger partial charge on any atom is -0.351 e. The second-order valence-corrected chi connectivity index (χ2v) is 7.39. The Bertz CT molecular complexity index is 719. The summed E-state index contributed by atoms with van der Waals surface area (Å²) in [6.07, 6.45) is 4.37. The van der Waals surface area contributed by atoms with Gasteiger partial charge in [0, 0.05) is 18.4 Å². The van der Waals surface area contributed by atoms with E-state index in [1.807, 2.05) is 0 Å². The van der Waals surface area contributed by atoms with E-state index in [-0.39, 0.29) is 22.8 Å². The van der Waals surface area contributed by atoms with Gasteiger partial charge in [-0.05, 0) is 30.5 Å². The molecule has 1 fully saturated rings. The van der Waals surface area contributed by atoms with Crippen molar-refractivity contribution in [1.29, 1.82) is 0 Å². The van der Waals surface area contributed by atoms with Crippen molar-refractivity contribution in [3.05, 3.63) is 23.7 Å². The average molecular weight is 329 g/mol. The van der Waals surface area contributed by atoms with Crippen molar-refractivity contribution in [2.45, 2.75) is 18.9 Å². The first kappa shape index (κ1) is 14.2. The summed E-state index contributed by atoms with van der Waals surface area (Å²) >= 11 is 5.89. The number of hydrogen-bond donors (Lipinski definition) is 1. The second kappa shape index (κ2) is 5.57. The first-order chi connectivity index (χ1) is 10.0. The van der Waals surface area contributed by atoms with Crippen molar-refractivity contribution >= 4 is 27.4 Å². The number of sulfone groups is 1. The van der Waals surface area contributed by atoms with Gasteiger partial charge in [-0.3, -0.25) is 0 Å². The van der Waals surface area contributed by atoms with Crippen LogP contribution in [0.5, 0.6) is 0 Å². The summed E-state index contributed by atoms with van der Waals surface area (Å²) in [6.45, 7) is 0. The fourth-order valence-corrected chi connectivity index (χ4v) is 3.76. The number of rotatable bonds is 3. The van der Waals surface area contributed by atoms with Crippen LogP contribution in [0.15, 0.2) is 18.5 Å². The van der Waals surface area contributed by atoms with Crippen LogP contribution < -0.4 is 5.32 Å². The van der Waals surface area contributed by atoms with Gasteiger partial charge in [0.2, 0.25) is 11.2 Å². The van der Waals surface area contributed by atoms with Gasteiger partial charge in [0.05, 0.1) is 11.5 Å². The van der Waals surface area contributed by atoms with Crippen molar-refractivity contribution in [2.75, 3.05) is 16.8 Å². The first-order valence-corrected chi connectivity index (χ1v) is 8.60. The summed E-state index contributed by atoms with van der Waals surface area (Å²) < 4.78 is 24.3. The van der Waals surface area contributed by atoms with E-state index >= 15 is 0 Å². The first-order valence-electron chi connectivity index (χ1n) is 6.40. The average Bonchev–Trinajstić information content (AvgIpc) is 2.95. The highest BCUT2D eigenvalue weighted by Crippen LogP contribution is 2.17. The highest BCUT2D eigenvalue weighted by molar-refractivity contribution is 7.91. The Labute approximate surface area is 126 Å². The van der Waals surface area contributed by atoms with Gasteiger partial charge in [0.1, 0.15) is 9.84 Å². The van der Waals surface area contributed by atoms with Gasteiger partial charge in [0.25, 0.3) is 5.95 Å². The van der Waals surface area contributed by atoms with Crippen LogP contribution in [0.1, 0.15) is 12.8 Å². The Morgan fingerprint density at radius 1 is 1.24 bits per heavy atom. The summed E-state index contributed by atoms with van der Waals surface area (Å²) in [6, 6.07) is 1.76. The summed E-state index contributed by atoms with van der Waals surface area (Å²) in [5.41, 5.74) is 0. The predicted molar refractivity (Wildman–Crippen MR) is 77.3 cm³/mol. The number of anilines is 1. The third kappa shape index (κ3) is 3.48. The molecule has 3 rings (SSSR count). The van der Waals surface area contributed by atoms with E-state index in [0.29, 0.717) is 24.7 Å². The molecule has 8 nitrogen and oxygen atoms in total. The molecule has 1 aliphatic rings. The highest BCUT2D eigenvalue weighted by Gasteiger charge is 2.24. The Morgan fingerprint density at radius 3 is 2.67 bits per heavy atom. The van der Waals surface area contributed by atoms with Crippen LogP contribution >= 0.6 is 11.6 Å². The normalized spacial score (nSPS) is 18.5. The Kier molecular flexibility index (Phi) is 3.77. The fraction of sp³-hybridized carbons (Fsp3) is 0.455. The molecule has 0 aromatic carbocycles. The van der Waals surface area contributed by atoms with Crippen molar-refractivity contribution in [3.63, 3.8) is 0 Å². The molecule has 0 bridgehead atoms. The third-order valence-corrected chi connectivity index (χ3v) is 5.08. The number of halogens is 1. The SMILES string of the molecule is O=S1(=O)CCC(Nc2nc(Cl)nc(-n3cccn3)n2)CC1. The van der Waals surface area contributed by atoms with Crippen LogP contribution in [0, 0.1) is 0 Å². The third-order valence-electron chi connectivity index (χ3n) is 3.19. The smallest absolute Gasteiger partial charge is 0.256 e. The topological polar surface area (TPSA) is 103 Å². The van der Waals surface area contributed by atoms with Crippen LogP contribution in [-0.2, 0) is 9.84 Å². The Hall–Kier alpha value is -1.74. The molecular weight excluding hydrogens is 316 g/mol. The molecule has 0 radical (unpaired) electrons. The summed E-state index contributed by atoms with van der Waals surface area (Å²) in [5, 5.41) is 7.20. The molecule has 0 unspecified atom stereocenters. The molecule has 0 aliphatic carbocycles. The van der Waals surface area contributed by atoms with Crippen LogP contribution in [0.3, 0.4) is 0 Å². The number of hydrogen-bond acceptors (Lipinski definition) is 7. The number of nitrogens with one attached hydrogen (secondary N) is 1. The molecule has 1 saturated heterocycles. The molecule has 0 spiro atoms. The van der Waals surface area contributed by atoms with E-state index in [4.69, 9.17) is 11.6 Å². The van der Waals surface area contributed by atoms with E-state index < -0.39 is 9.84 Å². The van der Waals surface area contributed by atoms with Crippen LogP contribution in [0.4, 0.5) is 5.95 Å². The van der Waals surface area contributed by atoms with E-state index in [0.717, 1.165) is 0 Å². The lowest BCUT2D eigenvalue weighted by Crippen LogP contribution is -2.32. The zero-order valence-corrected chi connectivity index (χ0v) is 12.5. The Balaban J connectivity index is 1.77. The van der Waals surface area contributed by atoms with E-state index in [2.05, 4.69) is 25.4 Å². The lowest BCUT2D eigenvalue weighted by atomic mass is 10.2. The fourth-order valence-electron chi connectivity index (χ4n) is 2.11. The minimum absolute atomic E-state index is 0.0115. The zero-order valence-electron chi connectivity index (χ0n) is 11.0. The van der Waals surface area contributed by atoms with E-state index in [1.54, 1.807) is 18.5 Å². The van der Waals surface area contributed by atoms with Crippen molar-refractivity contribution in [1.82, 2.24) is 24.7 Å². The molecular formula is C11H13ClN6O2S. The van der Waals surface area contributed by atoms with Crippen molar-refractivity contribution < 1.29 is 8.42 Å². The number of aromatic nitrogens is 5. The molecule has 0 saturated carbocycles. The lowest BCUT2D eigenvalue weighted by molar-refractivity contribution is 0.558. The molecule has 10 heteroatoms. The molecule has 0 atom stereocenters. The highest BCUT2D eigenvalue weighted by atomic mass is 35.5. The standard InChI is InChI=1S/C11H13ClN6O2S/c12-9-15-10(14-8-2-6-21(19,20)7-3-8)17-11(16-9)18-5-1-4-13-18/h1,4-5,8H,2-3,6-7H2,(H,14,15,16,17). The largest absolute Gasteiger partial charge is 0.351 e. The van der Waals surface area contributed by atoms with E-state index in [9.17, 15) is 8.42 Å². The molecule has 1 N–H and O–H groups in total. The van der Waals surface area contributed by atoms with Gasteiger partial charge in [0.15, 0.2) is 0 Å². The van der Waals surface area contributed by atoms with E-state index in [1.165, 1.54) is 4.68 Å². The molecule has 1 aliphatic heterocycles. The summed E-state index contributed by atoms with van der Waals surface area (Å²) in [4.78, 5) is 12.3. The zero-order chi connectivity index (χ0) is 14.9. The minimum atomic E-state index is -2.89. The monoisotopic (exact) mass is 328 g/mol. The van der Waals surface area contributed by atoms with Gasteiger partial charge in [-0.15, -0.1) is 0 Å². The van der Waals surface area contributed by atoms with Crippen molar-refractivity contribution in [3.8, 4) is 5.95 Å². The van der Waals surface area contributed by atoms with Crippen LogP contribution in [-0.4, -0.2) is 50.7 Å². The number of nitrogens with zero attached hydrogens (tertiary/aromatic N) is 5. The maximum atomic E-state index is 11.4. The quantitative estimate of drug-likeness (QED) is 0.884. The van der Waals surface area contributed by atoms with Gasteiger partial charge >= 0.3 is 0 Å². The predicted octanol–water partition coefficient (Wildman–Crippen LogP) is 0.700.